The lowest BCUT2D eigenvalue weighted by Gasteiger charge is -2.13. The highest BCUT2D eigenvalue weighted by atomic mass is 16.5. The maximum Gasteiger partial charge on any atom is 0.230 e. The molecule has 0 spiro atoms. The maximum absolute atomic E-state index is 5.52. The van der Waals surface area contributed by atoms with Crippen LogP contribution >= 0.6 is 0 Å². The fourth-order valence-electron chi connectivity index (χ4n) is 4.05. The Morgan fingerprint density at radius 1 is 1.20 bits per heavy atom. The van der Waals surface area contributed by atoms with E-state index in [2.05, 4.69) is 27.2 Å². The van der Waals surface area contributed by atoms with Crippen LogP contribution < -0.4 is 0 Å². The molecule has 1 saturated carbocycles. The molecule has 0 amide bonds. The minimum Gasteiger partial charge on any atom is -0.339 e. The molecule has 1 unspecified atom stereocenters. The van der Waals surface area contributed by atoms with Crippen LogP contribution in [0.4, 0.5) is 0 Å². The van der Waals surface area contributed by atoms with Crippen molar-refractivity contribution in [3.8, 4) is 0 Å². The molecular weight excluding hydrogens is 250 g/mol. The van der Waals surface area contributed by atoms with Gasteiger partial charge in [0.15, 0.2) is 5.82 Å². The molecule has 1 aromatic heterocycles. The van der Waals surface area contributed by atoms with E-state index in [4.69, 9.17) is 4.52 Å². The lowest BCUT2D eigenvalue weighted by molar-refractivity contribution is 0.325. The van der Waals surface area contributed by atoms with E-state index < -0.39 is 0 Å². The zero-order valence-electron chi connectivity index (χ0n) is 12.0. The summed E-state index contributed by atoms with van der Waals surface area (Å²) in [4.78, 5) is 7.19. The second kappa shape index (κ2) is 5.32. The summed E-state index contributed by atoms with van der Waals surface area (Å²) in [6, 6.07) is 0. The third-order valence-electron chi connectivity index (χ3n) is 5.15. The van der Waals surface area contributed by atoms with Crippen molar-refractivity contribution in [2.75, 3.05) is 19.6 Å². The van der Waals surface area contributed by atoms with E-state index in [-0.39, 0.29) is 0 Å². The van der Waals surface area contributed by atoms with Crippen molar-refractivity contribution in [1.82, 2.24) is 15.0 Å². The molecule has 1 aliphatic heterocycles. The summed E-state index contributed by atoms with van der Waals surface area (Å²) < 4.78 is 5.52. The predicted octanol–water partition coefficient (Wildman–Crippen LogP) is 2.78. The Balaban J connectivity index is 1.30. The predicted molar refractivity (Wildman–Crippen MR) is 76.4 cm³/mol. The zero-order valence-corrected chi connectivity index (χ0v) is 12.0. The van der Waals surface area contributed by atoms with Gasteiger partial charge in [0, 0.05) is 12.3 Å². The average Bonchev–Trinajstić information content (AvgIpc) is 3.24. The first kappa shape index (κ1) is 12.6. The molecule has 3 atom stereocenters. The fourth-order valence-corrected chi connectivity index (χ4v) is 4.05. The Kier molecular flexibility index (Phi) is 3.34. The molecule has 2 aliphatic carbocycles. The van der Waals surface area contributed by atoms with Crippen LogP contribution in [0.2, 0.25) is 0 Å². The van der Waals surface area contributed by atoms with Crippen LogP contribution in [-0.4, -0.2) is 34.7 Å². The molecule has 4 rings (SSSR count). The van der Waals surface area contributed by atoms with Crippen molar-refractivity contribution in [3.63, 3.8) is 0 Å². The minimum absolute atomic E-state index is 0.491. The van der Waals surface area contributed by atoms with Gasteiger partial charge in [0.1, 0.15) is 0 Å². The molecule has 4 nitrogen and oxygen atoms in total. The van der Waals surface area contributed by atoms with Crippen molar-refractivity contribution in [1.29, 1.82) is 0 Å². The number of rotatable bonds is 5. The van der Waals surface area contributed by atoms with Crippen LogP contribution in [0.25, 0.3) is 0 Å². The number of hydrogen-bond donors (Lipinski definition) is 0. The summed E-state index contributed by atoms with van der Waals surface area (Å²) in [7, 11) is 0. The molecule has 1 aromatic rings. The lowest BCUT2D eigenvalue weighted by Crippen LogP contribution is -2.20. The van der Waals surface area contributed by atoms with Crippen LogP contribution in [0.5, 0.6) is 0 Å². The third-order valence-corrected chi connectivity index (χ3v) is 5.15. The molecule has 2 heterocycles. The number of likely N-dealkylation sites (tertiary alicyclic amines) is 1. The molecule has 20 heavy (non-hydrogen) atoms. The Morgan fingerprint density at radius 3 is 2.85 bits per heavy atom. The SMILES string of the molecule is C1=C[C@H]2C[C@@H]1CC2c1nc(CCCN2CCCC2)no1. The lowest BCUT2D eigenvalue weighted by atomic mass is 9.94. The Labute approximate surface area is 120 Å². The van der Waals surface area contributed by atoms with E-state index >= 15 is 0 Å². The standard InChI is InChI=1S/C16H23N3O/c1-2-8-19(7-1)9-3-4-15-17-16(20-18-15)14-11-12-5-6-13(14)10-12/h5-6,12-14H,1-4,7-11H2/t12-,13+,14?/m1/s1. The third kappa shape index (κ3) is 2.41. The number of aromatic nitrogens is 2. The highest BCUT2D eigenvalue weighted by Gasteiger charge is 2.39. The molecular formula is C16H23N3O. The van der Waals surface area contributed by atoms with Gasteiger partial charge < -0.3 is 9.42 Å². The van der Waals surface area contributed by atoms with Gasteiger partial charge in [0.05, 0.1) is 0 Å². The normalized spacial score (nSPS) is 32.5. The smallest absolute Gasteiger partial charge is 0.230 e. The van der Waals surface area contributed by atoms with Gasteiger partial charge in [-0.15, -0.1) is 0 Å². The number of nitrogens with zero attached hydrogens (tertiary/aromatic N) is 3. The van der Waals surface area contributed by atoms with Crippen LogP contribution in [-0.2, 0) is 6.42 Å². The summed E-state index contributed by atoms with van der Waals surface area (Å²) >= 11 is 0. The van der Waals surface area contributed by atoms with E-state index in [0.29, 0.717) is 11.8 Å². The Bertz CT molecular complexity index is 490. The zero-order chi connectivity index (χ0) is 13.4. The molecule has 108 valence electrons. The highest BCUT2D eigenvalue weighted by Crippen LogP contribution is 2.48. The molecule has 0 radical (unpaired) electrons. The first-order valence-electron chi connectivity index (χ1n) is 8.11. The van der Waals surface area contributed by atoms with Gasteiger partial charge in [0.25, 0.3) is 0 Å². The summed E-state index contributed by atoms with van der Waals surface area (Å²) in [5.41, 5.74) is 0. The fraction of sp³-hybridized carbons (Fsp3) is 0.750. The summed E-state index contributed by atoms with van der Waals surface area (Å²) in [6.07, 6.45) is 12.0. The first-order chi connectivity index (χ1) is 9.88. The Morgan fingerprint density at radius 2 is 2.10 bits per heavy atom. The molecule has 0 aromatic carbocycles. The number of fused-ring (bicyclic) bond motifs is 2. The van der Waals surface area contributed by atoms with Gasteiger partial charge in [0.2, 0.25) is 5.89 Å². The van der Waals surface area contributed by atoms with Gasteiger partial charge in [-0.1, -0.05) is 17.3 Å². The summed E-state index contributed by atoms with van der Waals surface area (Å²) in [5, 5.41) is 4.18. The molecule has 2 fully saturated rings. The highest BCUT2D eigenvalue weighted by molar-refractivity contribution is 5.17. The molecule has 0 N–H and O–H groups in total. The van der Waals surface area contributed by atoms with E-state index in [1.165, 1.54) is 45.3 Å². The van der Waals surface area contributed by atoms with E-state index in [1.807, 2.05) is 0 Å². The topological polar surface area (TPSA) is 42.2 Å². The average molecular weight is 273 g/mol. The van der Waals surface area contributed by atoms with Gasteiger partial charge >= 0.3 is 0 Å². The van der Waals surface area contributed by atoms with E-state index in [1.54, 1.807) is 0 Å². The van der Waals surface area contributed by atoms with E-state index in [9.17, 15) is 0 Å². The van der Waals surface area contributed by atoms with Crippen molar-refractivity contribution in [2.24, 2.45) is 11.8 Å². The van der Waals surface area contributed by atoms with Crippen LogP contribution in [0, 0.1) is 11.8 Å². The van der Waals surface area contributed by atoms with Crippen molar-refractivity contribution in [3.05, 3.63) is 23.9 Å². The first-order valence-corrected chi connectivity index (χ1v) is 8.11. The number of hydrogen-bond acceptors (Lipinski definition) is 4. The minimum atomic E-state index is 0.491. The monoisotopic (exact) mass is 273 g/mol. The molecule has 3 aliphatic rings. The van der Waals surface area contributed by atoms with Crippen LogP contribution in [0.1, 0.15) is 49.7 Å². The van der Waals surface area contributed by atoms with Crippen molar-refractivity contribution >= 4 is 0 Å². The van der Waals surface area contributed by atoms with Gasteiger partial charge in [-0.2, -0.15) is 4.98 Å². The Hall–Kier alpha value is -1.16. The molecule has 4 heteroatoms. The summed E-state index contributed by atoms with van der Waals surface area (Å²) in [6.45, 7) is 3.73. The van der Waals surface area contributed by atoms with Gasteiger partial charge in [-0.3, -0.25) is 0 Å². The van der Waals surface area contributed by atoms with Crippen LogP contribution in [0.15, 0.2) is 16.7 Å². The van der Waals surface area contributed by atoms with Crippen LogP contribution in [0.3, 0.4) is 0 Å². The second-order valence-corrected chi connectivity index (χ2v) is 6.59. The van der Waals surface area contributed by atoms with Crippen molar-refractivity contribution < 1.29 is 4.52 Å². The quantitative estimate of drug-likeness (QED) is 0.774. The number of allylic oxidation sites excluding steroid dienone is 2. The second-order valence-electron chi connectivity index (χ2n) is 6.59. The largest absolute Gasteiger partial charge is 0.339 e. The molecule has 2 bridgehead atoms. The molecule has 1 saturated heterocycles. The maximum atomic E-state index is 5.52. The van der Waals surface area contributed by atoms with Gasteiger partial charge in [-0.05, 0) is 63.6 Å². The van der Waals surface area contributed by atoms with Gasteiger partial charge in [-0.25, -0.2) is 0 Å². The number of aryl methyl sites for hydroxylation is 1. The summed E-state index contributed by atoms with van der Waals surface area (Å²) in [5.74, 6) is 3.70. The van der Waals surface area contributed by atoms with Crippen molar-refractivity contribution in [2.45, 2.75) is 44.4 Å². The van der Waals surface area contributed by atoms with E-state index in [0.717, 1.165) is 30.5 Å².